The van der Waals surface area contributed by atoms with Crippen molar-refractivity contribution in [3.05, 3.63) is 89.0 Å². The van der Waals surface area contributed by atoms with Gasteiger partial charge in [0, 0.05) is 11.6 Å². The number of anilines is 2. The van der Waals surface area contributed by atoms with Gasteiger partial charge in [-0.3, -0.25) is 9.10 Å². The van der Waals surface area contributed by atoms with Crippen LogP contribution in [0.1, 0.15) is 28.4 Å². The Balaban J connectivity index is 1.65. The second-order valence-corrected chi connectivity index (χ2v) is 9.38. The lowest BCUT2D eigenvalue weighted by Gasteiger charge is -2.24. The Bertz CT molecular complexity index is 1250. The Hall–Kier alpha value is -3.26. The van der Waals surface area contributed by atoms with Crippen LogP contribution in [-0.2, 0) is 16.4 Å². The summed E-state index contributed by atoms with van der Waals surface area (Å²) in [5, 5.41) is 2.25. The van der Waals surface area contributed by atoms with Gasteiger partial charge < -0.3 is 5.32 Å². The number of carbonyl (C=O) groups excluding carboxylic acids is 1. The molecule has 0 saturated carbocycles. The first-order chi connectivity index (χ1) is 14.7. The van der Waals surface area contributed by atoms with Gasteiger partial charge in [-0.25, -0.2) is 17.2 Å². The molecule has 0 unspecified atom stereocenters. The predicted octanol–water partition coefficient (Wildman–Crippen LogP) is 4.67. The van der Waals surface area contributed by atoms with Crippen molar-refractivity contribution in [1.29, 1.82) is 0 Å². The van der Waals surface area contributed by atoms with Crippen LogP contribution in [0.2, 0.25) is 0 Å². The van der Waals surface area contributed by atoms with E-state index in [-0.39, 0.29) is 16.5 Å². The zero-order chi connectivity index (χ0) is 22.3. The van der Waals surface area contributed by atoms with E-state index in [0.29, 0.717) is 17.7 Å². The quantitative estimate of drug-likeness (QED) is 0.639. The third-order valence-electron chi connectivity index (χ3n) is 5.27. The van der Waals surface area contributed by atoms with E-state index < -0.39 is 33.3 Å². The molecule has 8 heteroatoms. The van der Waals surface area contributed by atoms with Gasteiger partial charge in [-0.1, -0.05) is 23.8 Å². The van der Waals surface area contributed by atoms with Gasteiger partial charge in [0.25, 0.3) is 15.9 Å². The lowest BCUT2D eigenvalue weighted by molar-refractivity contribution is 0.102. The van der Waals surface area contributed by atoms with Gasteiger partial charge in [0.15, 0.2) is 0 Å². The molecule has 160 valence electrons. The Morgan fingerprint density at radius 3 is 2.32 bits per heavy atom. The van der Waals surface area contributed by atoms with Crippen LogP contribution in [0.4, 0.5) is 20.2 Å². The van der Waals surface area contributed by atoms with E-state index in [0.717, 1.165) is 17.7 Å². The molecule has 31 heavy (non-hydrogen) atoms. The molecule has 0 spiro atoms. The van der Waals surface area contributed by atoms with Gasteiger partial charge in [0.2, 0.25) is 0 Å². The molecule has 1 heterocycles. The van der Waals surface area contributed by atoms with E-state index in [1.807, 2.05) is 6.92 Å². The number of carbonyl (C=O) groups is 1. The number of sulfonamides is 1. The van der Waals surface area contributed by atoms with Crippen molar-refractivity contribution in [2.75, 3.05) is 9.62 Å². The van der Waals surface area contributed by atoms with E-state index in [4.69, 9.17) is 0 Å². The lowest BCUT2D eigenvalue weighted by Crippen LogP contribution is -2.35. The molecule has 4 rings (SSSR count). The Morgan fingerprint density at radius 2 is 1.68 bits per heavy atom. The monoisotopic (exact) mass is 442 g/mol. The van der Waals surface area contributed by atoms with Gasteiger partial charge in [-0.2, -0.15) is 0 Å². The summed E-state index contributed by atoms with van der Waals surface area (Å²) in [4.78, 5) is 12.7. The van der Waals surface area contributed by atoms with Crippen molar-refractivity contribution in [3.8, 4) is 0 Å². The highest BCUT2D eigenvalue weighted by Crippen LogP contribution is 2.37. The number of nitrogens with one attached hydrogen (secondary N) is 1. The summed E-state index contributed by atoms with van der Waals surface area (Å²) >= 11 is 0. The summed E-state index contributed by atoms with van der Waals surface area (Å²) in [6.07, 6.45) is 0.412. The summed E-state index contributed by atoms with van der Waals surface area (Å²) < 4.78 is 55.5. The number of benzene rings is 3. The molecule has 1 atom stereocenters. The first kappa shape index (κ1) is 21.0. The number of nitrogens with zero attached hydrogens (tertiary/aromatic N) is 1. The van der Waals surface area contributed by atoms with Crippen LogP contribution < -0.4 is 9.62 Å². The van der Waals surface area contributed by atoms with Crippen molar-refractivity contribution in [2.24, 2.45) is 0 Å². The molecule has 1 aliphatic heterocycles. The molecule has 5 nitrogen and oxygen atoms in total. The number of hydrogen-bond donors (Lipinski definition) is 1. The summed E-state index contributed by atoms with van der Waals surface area (Å²) in [6.45, 7) is 3.67. The van der Waals surface area contributed by atoms with Crippen molar-refractivity contribution in [3.63, 3.8) is 0 Å². The molecule has 0 bridgehead atoms. The Morgan fingerprint density at radius 1 is 1.03 bits per heavy atom. The highest BCUT2D eigenvalue weighted by atomic mass is 32.2. The molecule has 0 aromatic heterocycles. The number of hydrogen-bond acceptors (Lipinski definition) is 3. The predicted molar refractivity (Wildman–Crippen MR) is 115 cm³/mol. The van der Waals surface area contributed by atoms with Crippen LogP contribution in [0.25, 0.3) is 0 Å². The standard InChI is InChI=1S/C23H20F2N2O3S/c1-14-6-9-18(10-7-14)31(29,30)27-15(2)12-17-13-16(8-11-21(17)27)23(28)26-22-19(24)4-3-5-20(22)25/h3-11,13,15H,12H2,1-2H3,(H,26,28)/t15-/m0/s1. The lowest BCUT2D eigenvalue weighted by atomic mass is 10.1. The van der Waals surface area contributed by atoms with Crippen LogP contribution in [0.5, 0.6) is 0 Å². The zero-order valence-corrected chi connectivity index (χ0v) is 17.7. The summed E-state index contributed by atoms with van der Waals surface area (Å²) in [5.41, 5.74) is 1.77. The van der Waals surface area contributed by atoms with Gasteiger partial charge in [-0.15, -0.1) is 0 Å². The highest BCUT2D eigenvalue weighted by molar-refractivity contribution is 7.92. The molecule has 1 N–H and O–H groups in total. The van der Waals surface area contributed by atoms with Crippen LogP contribution in [0.15, 0.2) is 65.6 Å². The summed E-state index contributed by atoms with van der Waals surface area (Å²) in [7, 11) is -3.78. The number of rotatable bonds is 4. The third kappa shape index (κ3) is 3.79. The van der Waals surface area contributed by atoms with E-state index >= 15 is 0 Å². The molecule has 1 amide bonds. The van der Waals surface area contributed by atoms with E-state index in [1.165, 1.54) is 16.4 Å². The normalized spacial score (nSPS) is 15.6. The molecule has 3 aromatic carbocycles. The molecular weight excluding hydrogens is 422 g/mol. The van der Waals surface area contributed by atoms with Crippen molar-refractivity contribution in [2.45, 2.75) is 31.2 Å². The Kier molecular flexibility index (Phi) is 5.26. The fourth-order valence-corrected chi connectivity index (χ4v) is 5.43. The molecule has 0 fully saturated rings. The molecule has 1 aliphatic rings. The number of halogens is 2. The Labute approximate surface area is 179 Å². The maximum atomic E-state index is 13.8. The van der Waals surface area contributed by atoms with Crippen molar-refractivity contribution < 1.29 is 22.0 Å². The van der Waals surface area contributed by atoms with E-state index in [1.54, 1.807) is 43.3 Å². The van der Waals surface area contributed by atoms with Gasteiger partial charge in [-0.05, 0) is 68.3 Å². The minimum Gasteiger partial charge on any atom is -0.317 e. The first-order valence-electron chi connectivity index (χ1n) is 9.68. The smallest absolute Gasteiger partial charge is 0.264 e. The second kappa shape index (κ2) is 7.77. The second-order valence-electron chi connectivity index (χ2n) is 7.56. The maximum Gasteiger partial charge on any atom is 0.264 e. The minimum absolute atomic E-state index is 0.184. The van der Waals surface area contributed by atoms with Gasteiger partial charge >= 0.3 is 0 Å². The SMILES string of the molecule is Cc1ccc(S(=O)(=O)N2c3ccc(C(=O)Nc4c(F)cccc4F)cc3C[C@@H]2C)cc1. The average Bonchev–Trinajstić information content (AvgIpc) is 3.06. The largest absolute Gasteiger partial charge is 0.317 e. The number of amides is 1. The molecule has 3 aromatic rings. The summed E-state index contributed by atoms with van der Waals surface area (Å²) in [6, 6.07) is 14.1. The van der Waals surface area contributed by atoms with Crippen LogP contribution >= 0.6 is 0 Å². The van der Waals surface area contributed by atoms with Gasteiger partial charge in [0.05, 0.1) is 10.6 Å². The molecular formula is C23H20F2N2O3S. The van der Waals surface area contributed by atoms with E-state index in [2.05, 4.69) is 5.32 Å². The third-order valence-corrected chi connectivity index (χ3v) is 7.22. The maximum absolute atomic E-state index is 13.8. The molecule has 0 aliphatic carbocycles. The number of fused-ring (bicyclic) bond motifs is 1. The van der Waals surface area contributed by atoms with E-state index in [9.17, 15) is 22.0 Å². The average molecular weight is 442 g/mol. The summed E-state index contributed by atoms with van der Waals surface area (Å²) in [5.74, 6) is -2.43. The minimum atomic E-state index is -3.78. The molecule has 0 radical (unpaired) electrons. The topological polar surface area (TPSA) is 66.5 Å². The molecule has 0 saturated heterocycles. The highest BCUT2D eigenvalue weighted by Gasteiger charge is 2.36. The van der Waals surface area contributed by atoms with Crippen LogP contribution in [-0.4, -0.2) is 20.4 Å². The van der Waals surface area contributed by atoms with Crippen molar-refractivity contribution >= 4 is 27.3 Å². The van der Waals surface area contributed by atoms with Gasteiger partial charge in [0.1, 0.15) is 17.3 Å². The number of aryl methyl sites for hydroxylation is 1. The van der Waals surface area contributed by atoms with Crippen LogP contribution in [0, 0.1) is 18.6 Å². The first-order valence-corrected chi connectivity index (χ1v) is 11.1. The van der Waals surface area contributed by atoms with Crippen LogP contribution in [0.3, 0.4) is 0 Å². The zero-order valence-electron chi connectivity index (χ0n) is 16.9. The fourth-order valence-electron chi connectivity index (χ4n) is 3.74. The fraction of sp³-hybridized carbons (Fsp3) is 0.174. The number of para-hydroxylation sites is 1. The van der Waals surface area contributed by atoms with Crippen molar-refractivity contribution in [1.82, 2.24) is 0 Å².